The quantitative estimate of drug-likeness (QED) is 0.167. The standard InChI is InChI=1S/C22H27NOSSi.C21H28N2OSi.2ClH.H3N/c1-22(2,3)26(20-10-6-4-7-11-20,21-12-8-5-9-13-21)24-16-18-14-15-19(17-25)23-18;1-21(2,3)25(18-10-6-4-7-11-18,19-12-8-5-9-13-19)24-16-17-14-15-20(22)23-17;;;/h4-13,17-18H,14-16H2,1-3H3;4-13,17H,14-16H2,1-3H3,(H2,22,23);2*1H;1H3/p-1/t18-;17-;;;/m11.../s1. The minimum absolute atomic E-state index is 0. The number of hydrogen-bond acceptors (Lipinski definition) is 7. The van der Waals surface area contributed by atoms with Gasteiger partial charge in [0, 0.05) is 17.5 Å². The molecule has 0 amide bonds. The van der Waals surface area contributed by atoms with Crippen LogP contribution < -0.4 is 45.0 Å². The van der Waals surface area contributed by atoms with Gasteiger partial charge in [-0.25, -0.2) is 0 Å². The number of thiocarbonyl (C=S) groups is 1. The van der Waals surface area contributed by atoms with Crippen LogP contribution in [0.15, 0.2) is 131 Å². The molecular formula is C43H59Cl2N4O2SSi2-. The Hall–Kier alpha value is -3.00. The lowest BCUT2D eigenvalue weighted by molar-refractivity contribution is -0.0000124. The van der Waals surface area contributed by atoms with Gasteiger partial charge in [-0.3, -0.25) is 9.98 Å². The molecule has 5 N–H and O–H groups in total. The minimum Gasteiger partial charge on any atom is -1.00 e. The van der Waals surface area contributed by atoms with E-state index in [4.69, 9.17) is 31.8 Å². The molecule has 0 saturated heterocycles. The first-order valence-corrected chi connectivity index (χ1v) is 22.5. The monoisotopic (exact) mass is 821 g/mol. The number of aliphatic imine (C=N–C) groups is 2. The molecule has 0 aliphatic carbocycles. The predicted octanol–water partition coefficient (Wildman–Crippen LogP) is 4.84. The zero-order valence-electron chi connectivity index (χ0n) is 32.7. The molecule has 2 aliphatic heterocycles. The van der Waals surface area contributed by atoms with Gasteiger partial charge in [0.1, 0.15) is 0 Å². The zero-order chi connectivity index (χ0) is 36.5. The number of amidine groups is 1. The van der Waals surface area contributed by atoms with E-state index >= 15 is 0 Å². The number of nitrogens with two attached hydrogens (primary N) is 1. The Balaban J connectivity index is 0.000000354. The Morgan fingerprint density at radius 3 is 1.19 bits per heavy atom. The van der Waals surface area contributed by atoms with Crippen LogP contribution in [0.2, 0.25) is 10.1 Å². The van der Waals surface area contributed by atoms with Gasteiger partial charge in [0.15, 0.2) is 0 Å². The Morgan fingerprint density at radius 2 is 0.926 bits per heavy atom. The third kappa shape index (κ3) is 10.6. The van der Waals surface area contributed by atoms with Crippen LogP contribution in [0.3, 0.4) is 0 Å². The number of benzene rings is 4. The summed E-state index contributed by atoms with van der Waals surface area (Å²) in [6.07, 6.45) is 3.87. The van der Waals surface area contributed by atoms with Crippen molar-refractivity contribution in [2.45, 2.75) is 89.4 Å². The van der Waals surface area contributed by atoms with Crippen molar-refractivity contribution in [1.29, 1.82) is 0 Å². The highest BCUT2D eigenvalue weighted by Gasteiger charge is 2.51. The highest BCUT2D eigenvalue weighted by atomic mass is 35.5. The summed E-state index contributed by atoms with van der Waals surface area (Å²) in [4.78, 5) is 9.29. The topological polar surface area (TPSA) is 104 Å². The van der Waals surface area contributed by atoms with Gasteiger partial charge in [0.25, 0.3) is 16.6 Å². The van der Waals surface area contributed by atoms with Crippen molar-refractivity contribution < 1.29 is 21.3 Å². The van der Waals surface area contributed by atoms with Crippen LogP contribution in [-0.4, -0.2) is 58.8 Å². The molecule has 2 atom stereocenters. The first kappa shape index (κ1) is 47.2. The van der Waals surface area contributed by atoms with Crippen molar-refractivity contribution in [2.24, 2.45) is 15.7 Å². The molecule has 54 heavy (non-hydrogen) atoms. The van der Waals surface area contributed by atoms with Crippen molar-refractivity contribution >= 4 is 78.9 Å². The molecule has 0 spiro atoms. The second kappa shape index (κ2) is 20.8. The predicted molar refractivity (Wildman–Crippen MR) is 238 cm³/mol. The van der Waals surface area contributed by atoms with Crippen molar-refractivity contribution in [1.82, 2.24) is 6.15 Å². The molecule has 0 fully saturated rings. The third-order valence-electron chi connectivity index (χ3n) is 10.1. The van der Waals surface area contributed by atoms with Crippen LogP contribution in [0.1, 0.15) is 67.2 Å². The Labute approximate surface area is 344 Å². The highest BCUT2D eigenvalue weighted by Crippen LogP contribution is 2.38. The second-order valence-electron chi connectivity index (χ2n) is 15.7. The van der Waals surface area contributed by atoms with Crippen LogP contribution >= 0.6 is 24.6 Å². The lowest BCUT2D eigenvalue weighted by Gasteiger charge is -2.43. The van der Waals surface area contributed by atoms with E-state index in [0.717, 1.165) is 37.2 Å². The number of nitrogens with zero attached hydrogens (tertiary/aromatic N) is 2. The maximum absolute atomic E-state index is 6.93. The van der Waals surface area contributed by atoms with Gasteiger partial charge in [-0.2, -0.15) is 0 Å². The Bertz CT molecular complexity index is 1690. The van der Waals surface area contributed by atoms with Gasteiger partial charge in [0.05, 0.1) is 31.1 Å². The molecule has 6 nitrogen and oxygen atoms in total. The van der Waals surface area contributed by atoms with E-state index in [9.17, 15) is 0 Å². The highest BCUT2D eigenvalue weighted by molar-refractivity contribution is 7.80. The van der Waals surface area contributed by atoms with E-state index in [2.05, 4.69) is 168 Å². The van der Waals surface area contributed by atoms with E-state index in [-0.39, 0.29) is 53.1 Å². The van der Waals surface area contributed by atoms with Gasteiger partial charge in [-0.1, -0.05) is 175 Å². The fourth-order valence-corrected chi connectivity index (χ4v) is 17.0. The lowest BCUT2D eigenvalue weighted by Crippen LogP contribution is -3.00. The molecule has 0 unspecified atom stereocenters. The van der Waals surface area contributed by atoms with Crippen LogP contribution in [0.5, 0.6) is 0 Å². The lowest BCUT2D eigenvalue weighted by atomic mass is 10.2. The average Bonchev–Trinajstić information content (AvgIpc) is 3.78. The van der Waals surface area contributed by atoms with Gasteiger partial charge < -0.3 is 33.1 Å². The summed E-state index contributed by atoms with van der Waals surface area (Å²) in [6.45, 7) is 15.1. The smallest absolute Gasteiger partial charge is 0.261 e. The fourth-order valence-electron chi connectivity index (χ4n) is 7.65. The summed E-state index contributed by atoms with van der Waals surface area (Å²) in [5.74, 6) is 0.760. The Morgan fingerprint density at radius 1 is 0.611 bits per heavy atom. The number of rotatable bonds is 11. The minimum atomic E-state index is -2.45. The Kier molecular flexibility index (Phi) is 18.2. The van der Waals surface area contributed by atoms with E-state index < -0.39 is 16.6 Å². The summed E-state index contributed by atoms with van der Waals surface area (Å²) < 4.78 is 13.8. The summed E-state index contributed by atoms with van der Waals surface area (Å²) in [7, 11) is -4.90. The first-order valence-electron chi connectivity index (χ1n) is 18.2. The molecule has 11 heteroatoms. The molecule has 0 bridgehead atoms. The van der Waals surface area contributed by atoms with Crippen molar-refractivity contribution in [3.05, 3.63) is 121 Å². The largest absolute Gasteiger partial charge is 1.00 e. The molecule has 0 radical (unpaired) electrons. The summed E-state index contributed by atoms with van der Waals surface area (Å²) >= 11 is 5.05. The molecule has 4 aromatic carbocycles. The number of halogens is 2. The molecule has 2 aliphatic rings. The fraction of sp³-hybridized carbons (Fsp3) is 0.372. The van der Waals surface area contributed by atoms with Gasteiger partial charge >= 0.3 is 0 Å². The van der Waals surface area contributed by atoms with Gasteiger partial charge in [-0.15, -0.1) is 12.4 Å². The maximum atomic E-state index is 6.93. The van der Waals surface area contributed by atoms with Crippen molar-refractivity contribution in [2.75, 3.05) is 13.2 Å². The number of hydrogen-bond donors (Lipinski definition) is 2. The van der Waals surface area contributed by atoms with Crippen molar-refractivity contribution in [3.63, 3.8) is 0 Å². The van der Waals surface area contributed by atoms with Crippen LogP contribution in [0.4, 0.5) is 0 Å². The van der Waals surface area contributed by atoms with E-state index in [1.165, 1.54) is 20.7 Å². The van der Waals surface area contributed by atoms with Crippen molar-refractivity contribution in [3.8, 4) is 0 Å². The van der Waals surface area contributed by atoms with Gasteiger partial charge in [-0.05, 0) is 50.1 Å². The molecule has 6 rings (SSSR count). The molecular weight excluding hydrogens is 764 g/mol. The first-order chi connectivity index (χ1) is 24.4. The molecule has 2 heterocycles. The van der Waals surface area contributed by atoms with Gasteiger partial charge in [0.2, 0.25) is 0 Å². The van der Waals surface area contributed by atoms with E-state index in [1.54, 1.807) is 5.37 Å². The summed E-state index contributed by atoms with van der Waals surface area (Å²) in [5.41, 5.74) is 6.92. The maximum Gasteiger partial charge on any atom is 0.261 e. The van der Waals surface area contributed by atoms with E-state index in [1.807, 2.05) is 0 Å². The second-order valence-corrected chi connectivity index (χ2v) is 24.5. The van der Waals surface area contributed by atoms with E-state index in [0.29, 0.717) is 13.2 Å². The molecule has 4 aromatic rings. The molecule has 0 aromatic heterocycles. The summed E-state index contributed by atoms with van der Waals surface area (Å²) in [6, 6.07) is 43.4. The normalized spacial score (nSPS) is 17.0. The third-order valence-corrected chi connectivity index (χ3v) is 20.4. The SMILES string of the molecule is CC(C)(C)[Si](OC[C@H]1CCC(C=S)=N1)(c1ccccc1)c1ccccc1.CC(C)(C)[Si](OC[C@H]1CCC(N)=N1)(c1ccccc1)c1ccccc1.Cl.N.[Cl-]. The van der Waals surface area contributed by atoms with Crippen LogP contribution in [0.25, 0.3) is 0 Å². The average molecular weight is 823 g/mol. The zero-order valence-corrected chi connectivity index (χ0v) is 37.1. The van der Waals surface area contributed by atoms with Crippen LogP contribution in [-0.2, 0) is 8.85 Å². The molecule has 0 saturated carbocycles. The van der Waals surface area contributed by atoms with Crippen LogP contribution in [0, 0.1) is 0 Å². The summed E-state index contributed by atoms with van der Waals surface area (Å²) in [5, 5.41) is 6.97. The molecule has 292 valence electrons.